The van der Waals surface area contributed by atoms with Crippen LogP contribution in [0.3, 0.4) is 0 Å². The molecule has 1 atom stereocenters. The van der Waals surface area contributed by atoms with E-state index in [1.54, 1.807) is 43.5 Å². The second-order valence-corrected chi connectivity index (χ2v) is 5.95. The van der Waals surface area contributed by atoms with Crippen molar-refractivity contribution in [3.05, 3.63) is 48.0 Å². The molecule has 20 heavy (non-hydrogen) atoms. The molecule has 1 N–H and O–H groups in total. The molecule has 0 radical (unpaired) electrons. The van der Waals surface area contributed by atoms with Gasteiger partial charge in [0, 0.05) is 17.2 Å². The summed E-state index contributed by atoms with van der Waals surface area (Å²) in [5.74, 6) is 0.667. The molecule has 2 aromatic carbocycles. The van der Waals surface area contributed by atoms with Crippen molar-refractivity contribution in [2.24, 2.45) is 0 Å². The van der Waals surface area contributed by atoms with Gasteiger partial charge in [-0.05, 0) is 35.3 Å². The van der Waals surface area contributed by atoms with Crippen molar-refractivity contribution in [3.8, 4) is 5.75 Å². The van der Waals surface area contributed by atoms with Crippen molar-refractivity contribution in [1.29, 1.82) is 0 Å². The summed E-state index contributed by atoms with van der Waals surface area (Å²) in [6, 6.07) is 12.5. The van der Waals surface area contributed by atoms with Crippen molar-refractivity contribution < 1.29 is 19.0 Å². The molecule has 0 spiro atoms. The van der Waals surface area contributed by atoms with Gasteiger partial charge in [0.2, 0.25) is 0 Å². The molecule has 0 saturated heterocycles. The van der Waals surface area contributed by atoms with E-state index in [-0.39, 0.29) is 0 Å². The zero-order valence-corrected chi connectivity index (χ0v) is 11.7. The molecule has 1 aliphatic rings. The first-order valence-electron chi connectivity index (χ1n) is 6.17. The van der Waals surface area contributed by atoms with Crippen LogP contribution in [0.1, 0.15) is 5.56 Å². The number of benzene rings is 2. The summed E-state index contributed by atoms with van der Waals surface area (Å²) in [6.45, 7) is 0.391. The zero-order valence-electron chi connectivity index (χ0n) is 10.9. The van der Waals surface area contributed by atoms with E-state index < -0.39 is 18.3 Å². The van der Waals surface area contributed by atoms with Crippen LogP contribution >= 0.6 is 0 Å². The highest BCUT2D eigenvalue weighted by atomic mass is 32.2. The Hall–Kier alpha value is -1.47. The van der Waals surface area contributed by atoms with E-state index in [0.29, 0.717) is 27.6 Å². The quantitative estimate of drug-likeness (QED) is 0.678. The van der Waals surface area contributed by atoms with Crippen molar-refractivity contribution in [3.63, 3.8) is 0 Å². The van der Waals surface area contributed by atoms with Crippen LogP contribution in [0.2, 0.25) is 0 Å². The van der Waals surface area contributed by atoms with Gasteiger partial charge in [-0.1, -0.05) is 12.1 Å². The Morgan fingerprint density at radius 3 is 2.85 bits per heavy atom. The maximum atomic E-state index is 12.6. The second-order valence-electron chi connectivity index (χ2n) is 4.47. The summed E-state index contributed by atoms with van der Waals surface area (Å²) in [5.41, 5.74) is 1.63. The van der Waals surface area contributed by atoms with Crippen LogP contribution < -0.4 is 10.2 Å². The molecule has 4 nitrogen and oxygen atoms in total. The van der Waals surface area contributed by atoms with E-state index in [0.717, 1.165) is 5.56 Å². The number of fused-ring (bicyclic) bond motifs is 1. The summed E-state index contributed by atoms with van der Waals surface area (Å²) < 4.78 is 22.8. The topological polar surface area (TPSA) is 61.8 Å². The van der Waals surface area contributed by atoms with Crippen molar-refractivity contribution in [2.75, 3.05) is 7.11 Å². The Morgan fingerprint density at radius 2 is 2.05 bits per heavy atom. The molecular weight excluding hydrogens is 275 g/mol. The van der Waals surface area contributed by atoms with Crippen molar-refractivity contribution >= 4 is 23.8 Å². The lowest BCUT2D eigenvalue weighted by Gasteiger charge is -2.11. The third kappa shape index (κ3) is 2.43. The van der Waals surface area contributed by atoms with Gasteiger partial charge < -0.3 is 19.0 Å². The number of ether oxygens (including phenoxy) is 1. The molecule has 0 saturated carbocycles. The van der Waals surface area contributed by atoms with Gasteiger partial charge >= 0.3 is 7.12 Å². The molecule has 0 amide bonds. The Labute approximate surface area is 120 Å². The first-order chi connectivity index (χ1) is 9.69. The Bertz CT molecular complexity index is 634. The molecule has 0 aliphatic carbocycles. The molecular formula is C14H13BO4S. The highest BCUT2D eigenvalue weighted by Gasteiger charge is 2.29. The highest BCUT2D eigenvalue weighted by molar-refractivity contribution is 7.91. The van der Waals surface area contributed by atoms with Gasteiger partial charge in [-0.15, -0.1) is 0 Å². The third-order valence-corrected chi connectivity index (χ3v) is 4.61. The SMILES string of the molecule is COc1cccc([S+]([O-])c2ccc3c(c2)B(O)OC3)c1. The summed E-state index contributed by atoms with van der Waals surface area (Å²) in [4.78, 5) is 1.30. The lowest BCUT2D eigenvalue weighted by Crippen LogP contribution is -2.28. The lowest BCUT2D eigenvalue weighted by atomic mass is 9.80. The van der Waals surface area contributed by atoms with Gasteiger partial charge in [-0.2, -0.15) is 0 Å². The molecule has 0 aromatic heterocycles. The molecule has 3 rings (SSSR count). The van der Waals surface area contributed by atoms with E-state index in [2.05, 4.69) is 0 Å². The summed E-state index contributed by atoms with van der Waals surface area (Å²) in [6.07, 6.45) is 0. The lowest BCUT2D eigenvalue weighted by molar-refractivity contribution is 0.275. The van der Waals surface area contributed by atoms with E-state index in [9.17, 15) is 9.58 Å². The Kier molecular flexibility index (Phi) is 3.71. The van der Waals surface area contributed by atoms with Crippen LogP contribution in [0.5, 0.6) is 5.75 Å². The summed E-state index contributed by atoms with van der Waals surface area (Å²) >= 11 is -1.31. The van der Waals surface area contributed by atoms with Crippen LogP contribution in [-0.4, -0.2) is 23.8 Å². The Balaban J connectivity index is 1.94. The minimum Gasteiger partial charge on any atom is -0.606 e. The number of rotatable bonds is 3. The van der Waals surface area contributed by atoms with E-state index in [1.807, 2.05) is 6.07 Å². The van der Waals surface area contributed by atoms with Crippen LogP contribution in [0.15, 0.2) is 52.3 Å². The first kappa shape index (κ1) is 13.5. The van der Waals surface area contributed by atoms with Crippen LogP contribution in [0, 0.1) is 0 Å². The molecule has 102 valence electrons. The van der Waals surface area contributed by atoms with E-state index in [1.165, 1.54) is 0 Å². The minimum absolute atomic E-state index is 0.391. The molecule has 0 bridgehead atoms. The fourth-order valence-electron chi connectivity index (χ4n) is 2.16. The molecule has 1 aliphatic heterocycles. The van der Waals surface area contributed by atoms with E-state index >= 15 is 0 Å². The van der Waals surface area contributed by atoms with Gasteiger partial charge in [-0.25, -0.2) is 0 Å². The molecule has 6 heteroatoms. The summed E-state index contributed by atoms with van der Waals surface area (Å²) in [5, 5.41) is 9.70. The predicted octanol–water partition coefficient (Wildman–Crippen LogP) is 1.08. The van der Waals surface area contributed by atoms with Crippen LogP contribution in [0.4, 0.5) is 0 Å². The van der Waals surface area contributed by atoms with Gasteiger partial charge in [-0.3, -0.25) is 0 Å². The van der Waals surface area contributed by atoms with Crippen molar-refractivity contribution in [1.82, 2.24) is 0 Å². The number of methoxy groups -OCH3 is 1. The van der Waals surface area contributed by atoms with Gasteiger partial charge in [0.15, 0.2) is 9.79 Å². The highest BCUT2D eigenvalue weighted by Crippen LogP contribution is 2.25. The van der Waals surface area contributed by atoms with E-state index in [4.69, 9.17) is 9.39 Å². The predicted molar refractivity (Wildman–Crippen MR) is 76.5 cm³/mol. The average molecular weight is 288 g/mol. The number of hydrogen-bond donors (Lipinski definition) is 1. The average Bonchev–Trinajstić information content (AvgIpc) is 2.87. The van der Waals surface area contributed by atoms with Crippen LogP contribution in [0.25, 0.3) is 0 Å². The Morgan fingerprint density at radius 1 is 1.25 bits per heavy atom. The molecule has 1 heterocycles. The molecule has 1 unspecified atom stereocenters. The molecule has 2 aromatic rings. The second kappa shape index (κ2) is 5.50. The monoisotopic (exact) mass is 288 g/mol. The summed E-state index contributed by atoms with van der Waals surface area (Å²) in [7, 11) is 0.651. The smallest absolute Gasteiger partial charge is 0.491 e. The zero-order chi connectivity index (χ0) is 14.1. The normalized spacial score (nSPS) is 15.1. The van der Waals surface area contributed by atoms with Crippen molar-refractivity contribution in [2.45, 2.75) is 16.4 Å². The fourth-order valence-corrected chi connectivity index (χ4v) is 3.28. The third-order valence-electron chi connectivity index (χ3n) is 3.25. The largest absolute Gasteiger partial charge is 0.606 e. The van der Waals surface area contributed by atoms with Gasteiger partial charge in [0.1, 0.15) is 5.75 Å². The first-order valence-corrected chi connectivity index (χ1v) is 7.32. The minimum atomic E-state index is -1.31. The number of hydrogen-bond acceptors (Lipinski definition) is 4. The van der Waals surface area contributed by atoms with Gasteiger partial charge in [0.05, 0.1) is 13.7 Å². The standard InChI is InChI=1S/C14H13BO4S/c1-18-11-3-2-4-12(7-11)20(17)13-6-5-10-9-19-15(16)14(10)8-13/h2-8,16H,9H2,1H3. The van der Waals surface area contributed by atoms with Gasteiger partial charge in [0.25, 0.3) is 0 Å². The maximum Gasteiger partial charge on any atom is 0.491 e. The maximum absolute atomic E-state index is 12.6. The van der Waals surface area contributed by atoms with Crippen LogP contribution in [-0.2, 0) is 22.4 Å². The fraction of sp³-hybridized carbons (Fsp3) is 0.143. The molecule has 0 fully saturated rings.